The van der Waals surface area contributed by atoms with Crippen LogP contribution < -0.4 is 4.90 Å². The van der Waals surface area contributed by atoms with Crippen LogP contribution in [-0.2, 0) is 14.3 Å². The summed E-state index contributed by atoms with van der Waals surface area (Å²) in [6.45, 7) is 4.43. The Hall–Kier alpha value is -4.07. The molecule has 6 nitrogen and oxygen atoms in total. The number of esters is 2. The van der Waals surface area contributed by atoms with E-state index >= 15 is 0 Å². The van der Waals surface area contributed by atoms with E-state index in [1.807, 2.05) is 0 Å². The number of benzene rings is 3. The normalized spacial score (nSPS) is 11.0. The Labute approximate surface area is 202 Å². The minimum Gasteiger partial charge on any atom is -0.465 e. The van der Waals surface area contributed by atoms with E-state index in [1.165, 1.54) is 13.2 Å². The number of carbonyl (C=O) groups is 3. The summed E-state index contributed by atoms with van der Waals surface area (Å²) in [5.74, 6) is -4.40. The highest BCUT2D eigenvalue weighted by molar-refractivity contribution is 6.09. The number of carbonyl (C=O) groups excluding carboxylic acids is 3. The van der Waals surface area contributed by atoms with Crippen LogP contribution in [0, 0.1) is 11.6 Å². The fraction of sp³-hybridized carbons (Fsp3) is 0.222. The fourth-order valence-corrected chi connectivity index (χ4v) is 3.42. The molecule has 0 saturated carbocycles. The number of nitrogens with zero attached hydrogens (tertiary/aromatic N) is 1. The zero-order valence-corrected chi connectivity index (χ0v) is 19.8. The van der Waals surface area contributed by atoms with Crippen molar-refractivity contribution in [3.8, 4) is 11.1 Å². The van der Waals surface area contributed by atoms with E-state index in [4.69, 9.17) is 9.47 Å². The van der Waals surface area contributed by atoms with Crippen LogP contribution in [0.15, 0.2) is 66.7 Å². The van der Waals surface area contributed by atoms with Crippen molar-refractivity contribution in [2.75, 3.05) is 18.6 Å². The standard InChI is InChI=1S/C27H25F2NO5/c1-27(2,3)35-23(31)16-30(25(32)24-21(28)12-7-13-22(24)29)20-11-6-9-18(15-20)17-8-5-10-19(14-17)26(33)34-4/h5-15H,16H2,1-4H3. The molecule has 0 spiro atoms. The Morgan fingerprint density at radius 2 is 1.43 bits per heavy atom. The van der Waals surface area contributed by atoms with Crippen LogP contribution in [0.1, 0.15) is 41.5 Å². The highest BCUT2D eigenvalue weighted by atomic mass is 19.1. The van der Waals surface area contributed by atoms with E-state index in [1.54, 1.807) is 63.2 Å². The number of ether oxygens (including phenoxy) is 2. The first-order valence-electron chi connectivity index (χ1n) is 10.8. The molecule has 0 aliphatic carbocycles. The minimum absolute atomic E-state index is 0.212. The first kappa shape index (κ1) is 25.6. The maximum atomic E-state index is 14.4. The molecule has 0 aromatic heterocycles. The number of hydrogen-bond donors (Lipinski definition) is 0. The van der Waals surface area contributed by atoms with Crippen LogP contribution in [0.3, 0.4) is 0 Å². The van der Waals surface area contributed by atoms with Gasteiger partial charge in [-0.3, -0.25) is 14.5 Å². The molecular weight excluding hydrogens is 456 g/mol. The number of anilines is 1. The summed E-state index contributed by atoms with van der Waals surface area (Å²) < 4.78 is 39.0. The van der Waals surface area contributed by atoms with Crippen molar-refractivity contribution in [3.05, 3.63) is 89.5 Å². The van der Waals surface area contributed by atoms with Gasteiger partial charge in [0, 0.05) is 5.69 Å². The minimum atomic E-state index is -1.05. The van der Waals surface area contributed by atoms with Gasteiger partial charge in [0.2, 0.25) is 0 Å². The Balaban J connectivity index is 2.06. The van der Waals surface area contributed by atoms with Crippen LogP contribution in [-0.4, -0.2) is 37.1 Å². The molecular formula is C27H25F2NO5. The van der Waals surface area contributed by atoms with E-state index in [2.05, 4.69) is 0 Å². The van der Waals surface area contributed by atoms with Crippen LogP contribution in [0.4, 0.5) is 14.5 Å². The van der Waals surface area contributed by atoms with E-state index < -0.39 is 47.2 Å². The molecule has 0 unspecified atom stereocenters. The smallest absolute Gasteiger partial charge is 0.337 e. The van der Waals surface area contributed by atoms with Gasteiger partial charge in [0.05, 0.1) is 12.7 Å². The molecule has 0 atom stereocenters. The van der Waals surface area contributed by atoms with Crippen molar-refractivity contribution >= 4 is 23.5 Å². The van der Waals surface area contributed by atoms with Gasteiger partial charge >= 0.3 is 11.9 Å². The summed E-state index contributed by atoms with van der Waals surface area (Å²) in [4.78, 5) is 38.8. The molecule has 0 aliphatic rings. The Bertz CT molecular complexity index is 1250. The van der Waals surface area contributed by atoms with Gasteiger partial charge in [-0.15, -0.1) is 0 Å². The summed E-state index contributed by atoms with van der Waals surface area (Å²) in [7, 11) is 1.28. The zero-order valence-electron chi connectivity index (χ0n) is 19.8. The monoisotopic (exact) mass is 481 g/mol. The van der Waals surface area contributed by atoms with Crippen LogP contribution in [0.2, 0.25) is 0 Å². The van der Waals surface area contributed by atoms with Gasteiger partial charge in [-0.2, -0.15) is 0 Å². The van der Waals surface area contributed by atoms with E-state index in [-0.39, 0.29) is 5.69 Å². The van der Waals surface area contributed by atoms with Crippen molar-refractivity contribution in [1.29, 1.82) is 0 Å². The molecule has 0 radical (unpaired) electrons. The number of rotatable bonds is 6. The summed E-state index contributed by atoms with van der Waals surface area (Å²) in [5.41, 5.74) is 0.162. The lowest BCUT2D eigenvalue weighted by Gasteiger charge is -2.26. The van der Waals surface area contributed by atoms with E-state index in [9.17, 15) is 23.2 Å². The summed E-state index contributed by atoms with van der Waals surface area (Å²) >= 11 is 0. The first-order valence-corrected chi connectivity index (χ1v) is 10.8. The molecule has 1 amide bonds. The number of methoxy groups -OCH3 is 1. The second kappa shape index (κ2) is 10.5. The predicted octanol–water partition coefficient (Wildman–Crippen LogP) is 5.41. The third-order valence-corrected chi connectivity index (χ3v) is 4.90. The zero-order chi connectivity index (χ0) is 25.8. The molecule has 8 heteroatoms. The quantitative estimate of drug-likeness (QED) is 0.441. The molecule has 0 heterocycles. The summed E-state index contributed by atoms with van der Waals surface area (Å²) in [6.07, 6.45) is 0. The average Bonchev–Trinajstić information content (AvgIpc) is 2.81. The molecule has 0 saturated heterocycles. The van der Waals surface area contributed by atoms with Crippen LogP contribution in [0.5, 0.6) is 0 Å². The Kier molecular flexibility index (Phi) is 7.64. The van der Waals surface area contributed by atoms with Gasteiger partial charge < -0.3 is 9.47 Å². The third-order valence-electron chi connectivity index (χ3n) is 4.90. The Morgan fingerprint density at radius 1 is 0.857 bits per heavy atom. The molecule has 3 rings (SSSR count). The number of amides is 1. The lowest BCUT2D eigenvalue weighted by atomic mass is 10.0. The van der Waals surface area contributed by atoms with Crippen molar-refractivity contribution < 1.29 is 32.6 Å². The molecule has 0 N–H and O–H groups in total. The number of halogens is 2. The van der Waals surface area contributed by atoms with Crippen LogP contribution in [0.25, 0.3) is 11.1 Å². The summed E-state index contributed by atoms with van der Waals surface area (Å²) in [5, 5.41) is 0. The molecule has 0 bridgehead atoms. The third kappa shape index (κ3) is 6.29. The van der Waals surface area contributed by atoms with Gasteiger partial charge in [0.15, 0.2) is 0 Å². The molecule has 3 aromatic carbocycles. The van der Waals surface area contributed by atoms with E-state index in [0.717, 1.165) is 23.1 Å². The molecule has 35 heavy (non-hydrogen) atoms. The highest BCUT2D eigenvalue weighted by Crippen LogP contribution is 2.28. The van der Waals surface area contributed by atoms with E-state index in [0.29, 0.717) is 16.7 Å². The molecule has 3 aromatic rings. The van der Waals surface area contributed by atoms with Crippen LogP contribution >= 0.6 is 0 Å². The Morgan fingerprint density at radius 3 is 2.03 bits per heavy atom. The topological polar surface area (TPSA) is 72.9 Å². The van der Waals surface area contributed by atoms with Gasteiger partial charge in [-0.05, 0) is 68.3 Å². The van der Waals surface area contributed by atoms with Crippen molar-refractivity contribution in [2.45, 2.75) is 26.4 Å². The number of hydrogen-bond acceptors (Lipinski definition) is 5. The second-order valence-electron chi connectivity index (χ2n) is 8.70. The second-order valence-corrected chi connectivity index (χ2v) is 8.70. The van der Waals surface area contributed by atoms with Gasteiger partial charge in [0.1, 0.15) is 29.3 Å². The molecule has 0 fully saturated rings. The predicted molar refractivity (Wildman–Crippen MR) is 127 cm³/mol. The highest BCUT2D eigenvalue weighted by Gasteiger charge is 2.28. The SMILES string of the molecule is COC(=O)c1cccc(-c2cccc(N(CC(=O)OC(C)(C)C)C(=O)c3c(F)cccc3F)c2)c1. The maximum absolute atomic E-state index is 14.4. The summed E-state index contributed by atoms with van der Waals surface area (Å²) in [6, 6.07) is 16.2. The fourth-order valence-electron chi connectivity index (χ4n) is 3.42. The lowest BCUT2D eigenvalue weighted by molar-refractivity contribution is -0.152. The largest absolute Gasteiger partial charge is 0.465 e. The van der Waals surface area contributed by atoms with Crippen molar-refractivity contribution in [2.24, 2.45) is 0 Å². The molecule has 0 aliphatic heterocycles. The lowest BCUT2D eigenvalue weighted by Crippen LogP contribution is -2.39. The van der Waals surface area contributed by atoms with Gasteiger partial charge in [0.25, 0.3) is 5.91 Å². The molecule has 182 valence electrons. The van der Waals surface area contributed by atoms with Crippen molar-refractivity contribution in [1.82, 2.24) is 0 Å². The maximum Gasteiger partial charge on any atom is 0.337 e. The average molecular weight is 481 g/mol. The van der Waals surface area contributed by atoms with Gasteiger partial charge in [-0.25, -0.2) is 13.6 Å². The first-order chi connectivity index (χ1) is 16.5. The van der Waals surface area contributed by atoms with Gasteiger partial charge in [-0.1, -0.05) is 30.3 Å². The van der Waals surface area contributed by atoms with Crippen molar-refractivity contribution in [3.63, 3.8) is 0 Å².